The first-order chi connectivity index (χ1) is 8.29. The fourth-order valence-electron chi connectivity index (χ4n) is 1.38. The monoisotopic (exact) mass is 272 g/mol. The van der Waals surface area contributed by atoms with E-state index in [9.17, 15) is 13.4 Å². The highest BCUT2D eigenvalue weighted by atomic mass is 32.2. The lowest BCUT2D eigenvalue weighted by Gasteiger charge is -2.14. The summed E-state index contributed by atoms with van der Waals surface area (Å²) in [6, 6.07) is 0. The molecule has 0 bridgehead atoms. The minimum Gasteiger partial charge on any atom is -0.263 e. The molecule has 1 saturated carbocycles. The fraction of sp³-hybridized carbons (Fsp3) is 0.583. The van der Waals surface area contributed by atoms with E-state index in [-0.39, 0.29) is 12.5 Å². The number of hydrogen-bond acceptors (Lipinski definition) is 2. The van der Waals surface area contributed by atoms with Crippen LogP contribution in [0.2, 0.25) is 0 Å². The van der Waals surface area contributed by atoms with Gasteiger partial charge in [0, 0.05) is 13.3 Å². The quantitative estimate of drug-likeness (QED) is 0.578. The Labute approximate surface area is 108 Å². The number of terminal acetylenes is 1. The van der Waals surface area contributed by atoms with Gasteiger partial charge in [-0.25, -0.2) is 12.9 Å². The number of allylic oxidation sites excluding steroid dienone is 1. The molecule has 18 heavy (non-hydrogen) atoms. The Morgan fingerprint density at radius 3 is 2.61 bits per heavy atom. The van der Waals surface area contributed by atoms with E-state index in [1.165, 1.54) is 17.6 Å². The van der Waals surface area contributed by atoms with Crippen molar-refractivity contribution in [1.82, 2.24) is 4.31 Å². The highest BCUT2D eigenvalue weighted by Crippen LogP contribution is 2.38. The molecule has 0 aromatic heterocycles. The van der Waals surface area contributed by atoms with E-state index in [4.69, 9.17) is 6.42 Å². The predicted molar refractivity (Wildman–Crippen MR) is 69.5 cm³/mol. The number of carbonyl (C=O) groups excluding carboxylic acids is 1. The topological polar surface area (TPSA) is 49.7 Å². The first kappa shape index (κ1) is 14.9. The zero-order valence-corrected chi connectivity index (χ0v) is 11.6. The molecule has 6 heteroatoms. The Bertz CT molecular complexity index is 535. The van der Waals surface area contributed by atoms with E-state index < -0.39 is 21.6 Å². The van der Waals surface area contributed by atoms with Crippen molar-refractivity contribution in [1.29, 1.82) is 0 Å². The summed E-state index contributed by atoms with van der Waals surface area (Å²) >= 11 is 0. The molecule has 100 valence electrons. The second kappa shape index (κ2) is 5.63. The minimum atomic E-state index is -2.96. The molecule has 0 heterocycles. The Hall–Kier alpha value is -1.19. The molecule has 1 aliphatic rings. The molecule has 1 fully saturated rings. The maximum atomic E-state index is 13.7. The number of halogens is 1. The van der Waals surface area contributed by atoms with Gasteiger partial charge in [-0.3, -0.25) is 4.79 Å². The van der Waals surface area contributed by atoms with Crippen LogP contribution in [0, 0.1) is 18.3 Å². The fourth-order valence-corrected chi connectivity index (χ4v) is 2.22. The van der Waals surface area contributed by atoms with E-state index in [0.29, 0.717) is 5.57 Å². The van der Waals surface area contributed by atoms with Crippen LogP contribution < -0.4 is 0 Å². The second-order valence-corrected chi connectivity index (χ2v) is 6.75. The summed E-state index contributed by atoms with van der Waals surface area (Å²) in [5, 5.41) is 0. The normalized spacial score (nSPS) is 19.8. The molecule has 0 aliphatic heterocycles. The molecule has 0 saturated heterocycles. The van der Waals surface area contributed by atoms with Crippen LogP contribution in [0.25, 0.3) is 0 Å². The molecule has 0 N–H and O–H groups in total. The lowest BCUT2D eigenvalue weighted by atomic mass is 10.2. The van der Waals surface area contributed by atoms with Crippen LogP contribution in [0.1, 0.15) is 19.8 Å². The molecule has 4 nitrogen and oxygen atoms in total. The molecule has 0 aromatic rings. The number of rotatable bonds is 4. The average Bonchev–Trinajstić information content (AvgIpc) is 3.10. The summed E-state index contributed by atoms with van der Waals surface area (Å²) in [5.41, 5.74) is 0.401. The average molecular weight is 272 g/mol. The van der Waals surface area contributed by atoms with Gasteiger partial charge < -0.3 is 0 Å². The van der Waals surface area contributed by atoms with E-state index in [1.807, 2.05) is 0 Å². The van der Waals surface area contributed by atoms with Crippen LogP contribution in [0.4, 0.5) is 4.39 Å². The zero-order valence-electron chi connectivity index (χ0n) is 10.8. The van der Waals surface area contributed by atoms with Gasteiger partial charge in [0.1, 0.15) is 9.92 Å². The van der Waals surface area contributed by atoms with Gasteiger partial charge in [0.05, 0.1) is 6.54 Å². The van der Waals surface area contributed by atoms with Crippen molar-refractivity contribution in [2.24, 2.45) is 10.3 Å². The maximum absolute atomic E-state index is 13.7. The lowest BCUT2D eigenvalue weighted by Crippen LogP contribution is -2.26. The molecule has 1 atom stereocenters. The summed E-state index contributed by atoms with van der Waals surface area (Å²) in [6.45, 7) is 1.65. The van der Waals surface area contributed by atoms with E-state index >= 15 is 0 Å². The zero-order chi connectivity index (χ0) is 13.9. The van der Waals surface area contributed by atoms with Crippen molar-refractivity contribution >= 4 is 15.8 Å². The van der Waals surface area contributed by atoms with Gasteiger partial charge >= 0.3 is 5.91 Å². The molecule has 0 spiro atoms. The third-order valence-electron chi connectivity index (χ3n) is 2.87. The van der Waals surface area contributed by atoms with Crippen molar-refractivity contribution in [2.45, 2.75) is 19.8 Å². The summed E-state index contributed by atoms with van der Waals surface area (Å²) in [7, 11) is -1.48. The summed E-state index contributed by atoms with van der Waals surface area (Å²) in [6.07, 6.45) is 8.14. The van der Waals surface area contributed by atoms with Crippen molar-refractivity contribution in [3.8, 4) is 12.3 Å². The van der Waals surface area contributed by atoms with Gasteiger partial charge in [0.2, 0.25) is 0 Å². The molecule has 1 unspecified atom stereocenters. The van der Waals surface area contributed by atoms with E-state index in [1.54, 1.807) is 6.92 Å². The molecule has 0 aromatic carbocycles. The highest BCUT2D eigenvalue weighted by Gasteiger charge is 2.28. The first-order valence-corrected chi connectivity index (χ1v) is 7.45. The van der Waals surface area contributed by atoms with Gasteiger partial charge in [-0.1, -0.05) is 5.92 Å². The molecule has 0 radical (unpaired) electrons. The third-order valence-corrected chi connectivity index (χ3v) is 4.66. The van der Waals surface area contributed by atoms with Crippen LogP contribution in [0.5, 0.6) is 0 Å². The van der Waals surface area contributed by atoms with Crippen LogP contribution in [0.15, 0.2) is 15.8 Å². The van der Waals surface area contributed by atoms with Gasteiger partial charge in [0.25, 0.3) is 0 Å². The van der Waals surface area contributed by atoms with Gasteiger partial charge in [-0.2, -0.15) is 0 Å². The Balaban J connectivity index is 2.95. The lowest BCUT2D eigenvalue weighted by molar-refractivity contribution is -0.115. The minimum absolute atomic E-state index is 0.0824. The van der Waals surface area contributed by atoms with Crippen LogP contribution >= 0.6 is 0 Å². The first-order valence-electron chi connectivity index (χ1n) is 5.57. The molecular weight excluding hydrogens is 255 g/mol. The number of carbonyl (C=O) groups is 1. The summed E-state index contributed by atoms with van der Waals surface area (Å²) in [4.78, 5) is 11.6. The smallest absolute Gasteiger partial charge is 0.263 e. The molecule has 1 rings (SSSR count). The van der Waals surface area contributed by atoms with Crippen molar-refractivity contribution < 1.29 is 13.4 Å². The van der Waals surface area contributed by atoms with Gasteiger partial charge in [-0.05, 0) is 31.3 Å². The third kappa shape index (κ3) is 3.65. The molecular formula is C12H17FN2O2S. The predicted octanol–water partition coefficient (Wildman–Crippen LogP) is 1.74. The molecule has 1 amide bonds. The number of nitrogens with zero attached hydrogens (tertiary/aromatic N) is 2. The largest absolute Gasteiger partial charge is 0.314 e. The number of amides is 1. The standard InChI is InChI=1S/C12H17FN2O2S/c1-5-8-15(3)18(4,17)14-12(16)11(13)9(2)10-6-7-10/h1,10H,6-8H2,2-4H3/b11-9-. The maximum Gasteiger partial charge on any atom is 0.314 e. The van der Waals surface area contributed by atoms with Crippen molar-refractivity contribution in [3.05, 3.63) is 11.4 Å². The Morgan fingerprint density at radius 2 is 2.17 bits per heavy atom. The highest BCUT2D eigenvalue weighted by molar-refractivity contribution is 7.90. The van der Waals surface area contributed by atoms with Gasteiger partial charge in [0.15, 0.2) is 5.83 Å². The SMILES string of the molecule is C#CCN(C)S(C)(=O)=NC(=O)/C(F)=C(\C)C1CC1. The Morgan fingerprint density at radius 1 is 1.61 bits per heavy atom. The Kier molecular flexibility index (Phi) is 4.65. The van der Waals surface area contributed by atoms with E-state index in [2.05, 4.69) is 10.3 Å². The van der Waals surface area contributed by atoms with Crippen LogP contribution in [-0.2, 0) is 14.7 Å². The summed E-state index contributed by atoms with van der Waals surface area (Å²) < 4.78 is 30.5. The van der Waals surface area contributed by atoms with Gasteiger partial charge in [-0.15, -0.1) is 10.8 Å². The van der Waals surface area contributed by atoms with Crippen molar-refractivity contribution in [2.75, 3.05) is 19.8 Å². The van der Waals surface area contributed by atoms with Crippen LogP contribution in [0.3, 0.4) is 0 Å². The second-order valence-electron chi connectivity index (χ2n) is 4.42. The molecule has 1 aliphatic carbocycles. The van der Waals surface area contributed by atoms with E-state index in [0.717, 1.165) is 12.8 Å². The summed E-state index contributed by atoms with van der Waals surface area (Å²) in [5.74, 6) is 0.489. The number of hydrogen-bond donors (Lipinski definition) is 0. The van der Waals surface area contributed by atoms with Crippen molar-refractivity contribution in [3.63, 3.8) is 0 Å². The van der Waals surface area contributed by atoms with Crippen LogP contribution in [-0.4, -0.2) is 34.3 Å².